The van der Waals surface area contributed by atoms with Crippen LogP contribution in [0.2, 0.25) is 0 Å². The van der Waals surface area contributed by atoms with Gasteiger partial charge < -0.3 is 18.9 Å². The number of methoxy groups -OCH3 is 2. The molecule has 0 atom stereocenters. The molecule has 4 rings (SSSR count). The van der Waals surface area contributed by atoms with Crippen LogP contribution >= 0.6 is 27.7 Å². The van der Waals surface area contributed by atoms with E-state index in [2.05, 4.69) is 15.9 Å². The lowest BCUT2D eigenvalue weighted by atomic mass is 10.1. The fourth-order valence-electron chi connectivity index (χ4n) is 3.59. The molecular weight excluding hydrogens is 574 g/mol. The van der Waals surface area contributed by atoms with E-state index < -0.39 is 11.9 Å². The molecule has 196 valence electrons. The highest BCUT2D eigenvalue weighted by molar-refractivity contribution is 9.10. The Morgan fingerprint density at radius 1 is 0.974 bits per heavy atom. The second kappa shape index (κ2) is 12.2. The lowest BCUT2D eigenvalue weighted by Gasteiger charge is -2.14. The van der Waals surface area contributed by atoms with Crippen molar-refractivity contribution >= 4 is 50.9 Å². The average molecular weight is 598 g/mol. The molecule has 0 bridgehead atoms. The van der Waals surface area contributed by atoms with Crippen LogP contribution in [0, 0.1) is 6.92 Å². The van der Waals surface area contributed by atoms with Crippen LogP contribution in [0.15, 0.2) is 70.0 Å². The van der Waals surface area contributed by atoms with Crippen LogP contribution in [-0.2, 0) is 4.79 Å². The molecule has 0 spiro atoms. The summed E-state index contributed by atoms with van der Waals surface area (Å²) in [6.45, 7) is 2.13. The first-order chi connectivity index (χ1) is 18.3. The summed E-state index contributed by atoms with van der Waals surface area (Å²) in [4.78, 5) is 39.5. The van der Waals surface area contributed by atoms with Gasteiger partial charge in [-0.25, -0.2) is 4.79 Å². The molecule has 1 fully saturated rings. The zero-order chi connectivity index (χ0) is 27.2. The number of hydrogen-bond acceptors (Lipinski definition) is 8. The van der Waals surface area contributed by atoms with Crippen molar-refractivity contribution < 1.29 is 33.3 Å². The molecular formula is C28H24BrNO7S. The molecule has 8 nitrogen and oxygen atoms in total. The van der Waals surface area contributed by atoms with E-state index in [1.54, 1.807) is 42.5 Å². The minimum Gasteiger partial charge on any atom is -0.493 e. The number of thioether (sulfide) groups is 1. The predicted octanol–water partition coefficient (Wildman–Crippen LogP) is 6.11. The number of hydrogen-bond donors (Lipinski definition) is 0. The van der Waals surface area contributed by atoms with Gasteiger partial charge in [-0.1, -0.05) is 29.8 Å². The molecule has 38 heavy (non-hydrogen) atoms. The smallest absolute Gasteiger partial charge is 0.343 e. The Balaban J connectivity index is 1.46. The van der Waals surface area contributed by atoms with Gasteiger partial charge in [-0.15, -0.1) is 0 Å². The van der Waals surface area contributed by atoms with Crippen molar-refractivity contribution in [1.29, 1.82) is 0 Å². The summed E-state index contributed by atoms with van der Waals surface area (Å²) in [6.07, 6.45) is 1.59. The van der Waals surface area contributed by atoms with E-state index in [0.29, 0.717) is 27.1 Å². The minimum absolute atomic E-state index is 0.0843. The first-order valence-electron chi connectivity index (χ1n) is 11.5. The van der Waals surface area contributed by atoms with E-state index >= 15 is 0 Å². The molecule has 1 heterocycles. The molecule has 3 aromatic carbocycles. The predicted molar refractivity (Wildman–Crippen MR) is 148 cm³/mol. The highest BCUT2D eigenvalue weighted by Gasteiger charge is 2.35. The largest absolute Gasteiger partial charge is 0.493 e. The topological polar surface area (TPSA) is 91.4 Å². The SMILES string of the molecule is COc1ccccc1OCCN1C(=O)S/C(=C\c2cc(Br)c(OC(=O)c3ccc(C)cc3)c(OC)c2)C1=O. The number of aryl methyl sites for hydroxylation is 1. The van der Waals surface area contributed by atoms with Crippen molar-refractivity contribution in [2.75, 3.05) is 27.4 Å². The second-order valence-electron chi connectivity index (χ2n) is 8.12. The van der Waals surface area contributed by atoms with Gasteiger partial charge in [-0.2, -0.15) is 0 Å². The van der Waals surface area contributed by atoms with Crippen molar-refractivity contribution in [1.82, 2.24) is 4.90 Å². The van der Waals surface area contributed by atoms with Gasteiger partial charge in [-0.05, 0) is 82.7 Å². The molecule has 0 N–H and O–H groups in total. The lowest BCUT2D eigenvalue weighted by Crippen LogP contribution is -2.32. The minimum atomic E-state index is -0.534. The first kappa shape index (κ1) is 27.3. The number of ether oxygens (including phenoxy) is 4. The standard InChI is InChI=1S/C28H24BrNO7S/c1-17-8-10-19(11-9-17)27(32)37-25-20(29)14-18(15-23(25)35-3)16-24-26(31)30(28(33)38-24)12-13-36-22-7-5-4-6-21(22)34-2/h4-11,14-16H,12-13H2,1-3H3/b24-16-. The third-order valence-electron chi connectivity index (χ3n) is 5.55. The normalized spacial score (nSPS) is 14.1. The summed E-state index contributed by atoms with van der Waals surface area (Å²) in [5.41, 5.74) is 2.01. The van der Waals surface area contributed by atoms with Crippen LogP contribution in [-0.4, -0.2) is 49.4 Å². The Hall–Kier alpha value is -3.76. The number of halogens is 1. The molecule has 10 heteroatoms. The fourth-order valence-corrected chi connectivity index (χ4v) is 5.00. The van der Waals surface area contributed by atoms with Crippen molar-refractivity contribution in [2.45, 2.75) is 6.92 Å². The third-order valence-corrected chi connectivity index (χ3v) is 7.04. The maximum Gasteiger partial charge on any atom is 0.343 e. The molecule has 1 aliphatic heterocycles. The fraction of sp³-hybridized carbons (Fsp3) is 0.179. The maximum absolute atomic E-state index is 12.9. The van der Waals surface area contributed by atoms with Crippen LogP contribution < -0.4 is 18.9 Å². The molecule has 2 amide bonds. The van der Waals surface area contributed by atoms with Crippen LogP contribution in [0.25, 0.3) is 6.08 Å². The molecule has 0 unspecified atom stereocenters. The number of rotatable bonds is 9. The van der Waals surface area contributed by atoms with Gasteiger partial charge in [0, 0.05) is 0 Å². The number of amides is 2. The average Bonchev–Trinajstić information content (AvgIpc) is 3.17. The maximum atomic E-state index is 12.9. The summed E-state index contributed by atoms with van der Waals surface area (Å²) < 4.78 is 22.4. The third kappa shape index (κ3) is 6.20. The van der Waals surface area contributed by atoms with Crippen molar-refractivity contribution in [3.63, 3.8) is 0 Å². The van der Waals surface area contributed by atoms with Gasteiger partial charge in [0.25, 0.3) is 11.1 Å². The van der Waals surface area contributed by atoms with Crippen LogP contribution in [0.1, 0.15) is 21.5 Å². The highest BCUT2D eigenvalue weighted by Crippen LogP contribution is 2.39. The van der Waals surface area contributed by atoms with E-state index in [-0.39, 0.29) is 34.8 Å². The van der Waals surface area contributed by atoms with Gasteiger partial charge in [-0.3, -0.25) is 14.5 Å². The van der Waals surface area contributed by atoms with Crippen LogP contribution in [0.4, 0.5) is 4.79 Å². The summed E-state index contributed by atoms with van der Waals surface area (Å²) >= 11 is 4.27. The second-order valence-corrected chi connectivity index (χ2v) is 9.97. The first-order valence-corrected chi connectivity index (χ1v) is 13.1. The van der Waals surface area contributed by atoms with Crippen molar-refractivity contribution in [3.05, 3.63) is 86.7 Å². The number of carbonyl (C=O) groups is 3. The number of nitrogens with zero attached hydrogens (tertiary/aromatic N) is 1. The van der Waals surface area contributed by atoms with Gasteiger partial charge in [0.05, 0.1) is 35.7 Å². The summed E-state index contributed by atoms with van der Waals surface area (Å²) in [7, 11) is 2.99. The van der Waals surface area contributed by atoms with E-state index in [4.69, 9.17) is 18.9 Å². The molecule has 3 aromatic rings. The Morgan fingerprint density at radius 2 is 1.66 bits per heavy atom. The van der Waals surface area contributed by atoms with Crippen LogP contribution in [0.5, 0.6) is 23.0 Å². The summed E-state index contributed by atoms with van der Waals surface area (Å²) in [6, 6.07) is 17.5. The van der Waals surface area contributed by atoms with Gasteiger partial charge in [0.15, 0.2) is 23.0 Å². The molecule has 0 aromatic heterocycles. The quantitative estimate of drug-likeness (QED) is 0.166. The number of para-hydroxylation sites is 2. The van der Waals surface area contributed by atoms with Crippen molar-refractivity contribution in [3.8, 4) is 23.0 Å². The zero-order valence-corrected chi connectivity index (χ0v) is 23.3. The Bertz CT molecular complexity index is 1400. The number of carbonyl (C=O) groups excluding carboxylic acids is 3. The van der Waals surface area contributed by atoms with E-state index in [1.807, 2.05) is 31.2 Å². The van der Waals surface area contributed by atoms with E-state index in [9.17, 15) is 14.4 Å². The van der Waals surface area contributed by atoms with Crippen LogP contribution in [0.3, 0.4) is 0 Å². The lowest BCUT2D eigenvalue weighted by molar-refractivity contribution is -0.123. The molecule has 0 radical (unpaired) electrons. The van der Waals surface area contributed by atoms with Gasteiger partial charge in [0.2, 0.25) is 0 Å². The summed E-state index contributed by atoms with van der Waals surface area (Å²) in [5.74, 6) is 0.626. The highest BCUT2D eigenvalue weighted by atomic mass is 79.9. The van der Waals surface area contributed by atoms with E-state index in [0.717, 1.165) is 22.2 Å². The zero-order valence-electron chi connectivity index (χ0n) is 20.9. The number of imide groups is 1. The number of esters is 1. The number of benzene rings is 3. The molecule has 0 saturated carbocycles. The Labute approximate surface area is 232 Å². The van der Waals surface area contributed by atoms with Gasteiger partial charge in [0.1, 0.15) is 6.61 Å². The van der Waals surface area contributed by atoms with Gasteiger partial charge >= 0.3 is 5.97 Å². The Morgan fingerprint density at radius 3 is 2.34 bits per heavy atom. The molecule has 0 aliphatic carbocycles. The molecule has 1 aliphatic rings. The monoisotopic (exact) mass is 597 g/mol. The summed E-state index contributed by atoms with van der Waals surface area (Å²) in [5, 5.41) is -0.389. The van der Waals surface area contributed by atoms with E-state index in [1.165, 1.54) is 14.2 Å². The Kier molecular flexibility index (Phi) is 8.75. The molecule has 1 saturated heterocycles. The van der Waals surface area contributed by atoms with Crippen molar-refractivity contribution in [2.24, 2.45) is 0 Å².